The first-order chi connectivity index (χ1) is 19.3. The third-order valence-corrected chi connectivity index (χ3v) is 6.75. The number of carbonyl (C=O) groups excluding carboxylic acids is 3. The molecule has 5 aromatic rings. The molecule has 0 aliphatic rings. The molecule has 6 nitrogen and oxygen atoms in total. The van der Waals surface area contributed by atoms with Crippen molar-refractivity contribution in [2.75, 3.05) is 6.61 Å². The minimum Gasteiger partial charge on any atom is -0.454 e. The maximum absolute atomic E-state index is 13.2. The topological polar surface area (TPSA) is 82.6 Å². The van der Waals surface area contributed by atoms with E-state index in [9.17, 15) is 14.4 Å². The Balaban J connectivity index is 1.29. The van der Waals surface area contributed by atoms with Gasteiger partial charge in [0.15, 0.2) is 12.4 Å². The predicted molar refractivity (Wildman–Crippen MR) is 154 cm³/mol. The Kier molecular flexibility index (Phi) is 7.51. The third kappa shape index (κ3) is 5.81. The van der Waals surface area contributed by atoms with E-state index in [1.807, 2.05) is 75.4 Å². The summed E-state index contributed by atoms with van der Waals surface area (Å²) in [4.78, 5) is 43.0. The number of hydrogen-bond acceptors (Lipinski definition) is 6. The Labute approximate surface area is 232 Å². The molecule has 5 rings (SSSR count). The predicted octanol–water partition coefficient (Wildman–Crippen LogP) is 7.09. The second-order valence-electron chi connectivity index (χ2n) is 9.65. The normalized spacial score (nSPS) is 10.8. The van der Waals surface area contributed by atoms with Gasteiger partial charge >= 0.3 is 11.9 Å². The fourth-order valence-electron chi connectivity index (χ4n) is 4.25. The van der Waals surface area contributed by atoms with Gasteiger partial charge < -0.3 is 9.47 Å². The lowest BCUT2D eigenvalue weighted by atomic mass is 10.0. The lowest BCUT2D eigenvalue weighted by Crippen LogP contribution is -2.15. The Hall–Kier alpha value is -5.10. The molecular weight excluding hydrogens is 502 g/mol. The van der Waals surface area contributed by atoms with Crippen LogP contribution in [0.3, 0.4) is 0 Å². The molecule has 0 N–H and O–H groups in total. The van der Waals surface area contributed by atoms with Crippen molar-refractivity contribution in [3.05, 3.63) is 130 Å². The smallest absolute Gasteiger partial charge is 0.343 e. The van der Waals surface area contributed by atoms with Crippen LogP contribution in [0.25, 0.3) is 22.2 Å². The van der Waals surface area contributed by atoms with Crippen LogP contribution in [0.2, 0.25) is 0 Å². The van der Waals surface area contributed by atoms with E-state index < -0.39 is 18.5 Å². The Morgan fingerprint density at radius 3 is 2.12 bits per heavy atom. The summed E-state index contributed by atoms with van der Waals surface area (Å²) >= 11 is 0. The number of nitrogens with zero attached hydrogens (tertiary/aromatic N) is 1. The molecule has 4 aromatic carbocycles. The molecule has 1 heterocycles. The molecule has 0 aliphatic heterocycles. The van der Waals surface area contributed by atoms with Gasteiger partial charge in [-0.05, 0) is 86.5 Å². The van der Waals surface area contributed by atoms with Gasteiger partial charge in [-0.15, -0.1) is 0 Å². The van der Waals surface area contributed by atoms with E-state index in [0.29, 0.717) is 39.0 Å². The second-order valence-corrected chi connectivity index (χ2v) is 9.65. The van der Waals surface area contributed by atoms with Crippen molar-refractivity contribution < 1.29 is 23.9 Å². The van der Waals surface area contributed by atoms with Crippen LogP contribution >= 0.6 is 0 Å². The van der Waals surface area contributed by atoms with Gasteiger partial charge in [-0.2, -0.15) is 0 Å². The number of aryl methyl sites for hydroxylation is 3. The molecule has 6 heteroatoms. The van der Waals surface area contributed by atoms with Crippen molar-refractivity contribution >= 4 is 28.6 Å². The van der Waals surface area contributed by atoms with Gasteiger partial charge in [0, 0.05) is 16.5 Å². The fourth-order valence-corrected chi connectivity index (χ4v) is 4.25. The summed E-state index contributed by atoms with van der Waals surface area (Å²) in [7, 11) is 0. The van der Waals surface area contributed by atoms with Crippen LogP contribution in [-0.4, -0.2) is 29.3 Å². The summed E-state index contributed by atoms with van der Waals surface area (Å²) in [5.41, 5.74) is 6.63. The first-order valence-corrected chi connectivity index (χ1v) is 12.8. The number of para-hydroxylation sites is 1. The SMILES string of the molecule is Cc1ccc(C(=O)Oc2ccc(C(=O)COC(=O)c3cc(-c4ccc(C)c(C)c4)nc4ccccc34)cc2)cc1. The van der Waals surface area contributed by atoms with Crippen molar-refractivity contribution in [3.8, 4) is 17.0 Å². The Bertz CT molecular complexity index is 1740. The summed E-state index contributed by atoms with van der Waals surface area (Å²) in [5, 5.41) is 0.646. The molecule has 0 saturated heterocycles. The summed E-state index contributed by atoms with van der Waals surface area (Å²) < 4.78 is 10.8. The molecular formula is C34H27NO5. The third-order valence-electron chi connectivity index (χ3n) is 6.75. The molecule has 0 saturated carbocycles. The first kappa shape index (κ1) is 26.5. The van der Waals surface area contributed by atoms with Crippen molar-refractivity contribution in [1.82, 2.24) is 4.98 Å². The van der Waals surface area contributed by atoms with Crippen molar-refractivity contribution in [2.24, 2.45) is 0 Å². The molecule has 0 spiro atoms. The van der Waals surface area contributed by atoms with E-state index in [1.54, 1.807) is 18.2 Å². The number of aromatic nitrogens is 1. The maximum atomic E-state index is 13.2. The maximum Gasteiger partial charge on any atom is 0.343 e. The van der Waals surface area contributed by atoms with E-state index in [4.69, 9.17) is 14.5 Å². The number of hydrogen-bond donors (Lipinski definition) is 0. The molecule has 0 aliphatic carbocycles. The number of esters is 2. The lowest BCUT2D eigenvalue weighted by molar-refractivity contribution is 0.0476. The molecule has 0 fully saturated rings. The van der Waals surface area contributed by atoms with E-state index in [2.05, 4.69) is 0 Å². The minimum absolute atomic E-state index is 0.307. The summed E-state index contributed by atoms with van der Waals surface area (Å²) in [6.45, 7) is 5.57. The number of rotatable bonds is 7. The van der Waals surface area contributed by atoms with Crippen LogP contribution < -0.4 is 4.74 Å². The monoisotopic (exact) mass is 529 g/mol. The number of carbonyl (C=O) groups is 3. The average molecular weight is 530 g/mol. The van der Waals surface area contributed by atoms with Gasteiger partial charge in [-0.25, -0.2) is 14.6 Å². The van der Waals surface area contributed by atoms with Crippen LogP contribution in [0.1, 0.15) is 47.8 Å². The van der Waals surface area contributed by atoms with Crippen LogP contribution in [-0.2, 0) is 4.74 Å². The fraction of sp³-hybridized carbons (Fsp3) is 0.118. The van der Waals surface area contributed by atoms with Crippen LogP contribution in [0, 0.1) is 20.8 Å². The highest BCUT2D eigenvalue weighted by Crippen LogP contribution is 2.27. The minimum atomic E-state index is -0.610. The first-order valence-electron chi connectivity index (χ1n) is 12.8. The zero-order valence-corrected chi connectivity index (χ0v) is 22.4. The zero-order valence-electron chi connectivity index (χ0n) is 22.4. The van der Waals surface area contributed by atoms with Gasteiger partial charge in [0.2, 0.25) is 0 Å². The molecule has 0 bridgehead atoms. The standard InChI is InChI=1S/C34H27NO5/c1-21-8-11-25(12-9-21)33(37)40-27-16-14-24(15-17-27)32(36)20-39-34(38)29-19-31(26-13-10-22(2)23(3)18-26)35-30-7-5-4-6-28(29)30/h4-19H,20H2,1-3H3. The highest BCUT2D eigenvalue weighted by Gasteiger charge is 2.18. The number of Topliss-reactive ketones (excluding diaryl/α,β-unsaturated/α-hetero) is 1. The molecule has 1 aromatic heterocycles. The van der Waals surface area contributed by atoms with Gasteiger partial charge in [0.1, 0.15) is 5.75 Å². The van der Waals surface area contributed by atoms with Gasteiger partial charge in [0.25, 0.3) is 0 Å². The van der Waals surface area contributed by atoms with Gasteiger partial charge in [-0.3, -0.25) is 4.79 Å². The number of pyridine rings is 1. The van der Waals surface area contributed by atoms with E-state index in [1.165, 1.54) is 29.8 Å². The Morgan fingerprint density at radius 2 is 1.40 bits per heavy atom. The number of benzene rings is 4. The van der Waals surface area contributed by atoms with E-state index in [-0.39, 0.29) is 5.78 Å². The number of ether oxygens (including phenoxy) is 2. The van der Waals surface area contributed by atoms with Crippen LogP contribution in [0.15, 0.2) is 97.1 Å². The summed E-state index contributed by atoms with van der Waals surface area (Å²) in [6.07, 6.45) is 0. The molecule has 198 valence electrons. The number of fused-ring (bicyclic) bond motifs is 1. The van der Waals surface area contributed by atoms with Crippen molar-refractivity contribution in [3.63, 3.8) is 0 Å². The van der Waals surface area contributed by atoms with E-state index >= 15 is 0 Å². The lowest BCUT2D eigenvalue weighted by Gasteiger charge is -2.11. The van der Waals surface area contributed by atoms with Gasteiger partial charge in [-0.1, -0.05) is 48.0 Å². The zero-order chi connectivity index (χ0) is 28.2. The second kappa shape index (κ2) is 11.3. The largest absolute Gasteiger partial charge is 0.454 e. The van der Waals surface area contributed by atoms with Gasteiger partial charge in [0.05, 0.1) is 22.3 Å². The molecule has 40 heavy (non-hydrogen) atoms. The molecule has 0 atom stereocenters. The molecule has 0 amide bonds. The molecule has 0 unspecified atom stereocenters. The number of ketones is 1. The van der Waals surface area contributed by atoms with Crippen molar-refractivity contribution in [2.45, 2.75) is 20.8 Å². The van der Waals surface area contributed by atoms with E-state index in [0.717, 1.165) is 16.7 Å². The summed E-state index contributed by atoms with van der Waals surface area (Å²) in [6, 6.07) is 28.3. The highest BCUT2D eigenvalue weighted by molar-refractivity contribution is 6.06. The Morgan fingerprint density at radius 1 is 0.700 bits per heavy atom. The quantitative estimate of drug-likeness (QED) is 0.127. The van der Waals surface area contributed by atoms with Crippen LogP contribution in [0.5, 0.6) is 5.75 Å². The van der Waals surface area contributed by atoms with Crippen molar-refractivity contribution in [1.29, 1.82) is 0 Å². The summed E-state index contributed by atoms with van der Waals surface area (Å²) in [5.74, 6) is -1.17. The van der Waals surface area contributed by atoms with Crippen LogP contribution in [0.4, 0.5) is 0 Å². The highest BCUT2D eigenvalue weighted by atomic mass is 16.5. The average Bonchev–Trinajstić information content (AvgIpc) is 2.97. The molecule has 0 radical (unpaired) electrons.